The quantitative estimate of drug-likeness (QED) is 0.345. The maximum absolute atomic E-state index is 14.5. The van der Waals surface area contributed by atoms with Crippen molar-refractivity contribution in [2.24, 2.45) is 0 Å². The Labute approximate surface area is 152 Å². The van der Waals surface area contributed by atoms with Crippen molar-refractivity contribution >= 4 is 10.8 Å². The molecule has 0 fully saturated rings. The molecule has 0 bridgehead atoms. The Balaban J connectivity index is 2.04. The molecular weight excluding hydrogens is 363 g/mol. The van der Waals surface area contributed by atoms with Crippen molar-refractivity contribution in [1.82, 2.24) is 0 Å². The molecule has 0 amide bonds. The first kappa shape index (κ1) is 18.9. The summed E-state index contributed by atoms with van der Waals surface area (Å²) in [6.45, 7) is 0.421. The molecule has 0 atom stereocenters. The number of hydrogen-bond acceptors (Lipinski definition) is 1. The van der Waals surface area contributed by atoms with Crippen molar-refractivity contribution in [3.63, 3.8) is 0 Å². The van der Waals surface area contributed by atoms with E-state index in [1.54, 1.807) is 6.08 Å². The highest BCUT2D eigenvalue weighted by Gasteiger charge is 2.16. The minimum absolute atomic E-state index is 0.0142. The lowest BCUT2D eigenvalue weighted by molar-refractivity contribution is -0.0520. The summed E-state index contributed by atoms with van der Waals surface area (Å²) in [5.41, 5.74) is 0.497. The summed E-state index contributed by atoms with van der Waals surface area (Å²) in [5.74, 6) is -3.01. The highest BCUT2D eigenvalue weighted by Crippen LogP contribution is 2.33. The minimum atomic E-state index is -3.15. The molecule has 3 rings (SSSR count). The van der Waals surface area contributed by atoms with Crippen LogP contribution in [-0.2, 0) is 6.42 Å². The van der Waals surface area contributed by atoms with Crippen LogP contribution in [0.25, 0.3) is 21.9 Å². The molecule has 0 aliphatic carbocycles. The van der Waals surface area contributed by atoms with Gasteiger partial charge in [-0.05, 0) is 53.6 Å². The van der Waals surface area contributed by atoms with Gasteiger partial charge in [-0.2, -0.15) is 8.78 Å². The number of fused-ring (bicyclic) bond motifs is 1. The van der Waals surface area contributed by atoms with Crippen LogP contribution < -0.4 is 4.74 Å². The van der Waals surface area contributed by atoms with Crippen LogP contribution in [-0.4, -0.2) is 6.61 Å². The van der Waals surface area contributed by atoms with E-state index in [2.05, 4.69) is 11.3 Å². The molecular formula is C21H15F5O. The molecule has 0 spiro atoms. The van der Waals surface area contributed by atoms with E-state index in [9.17, 15) is 22.0 Å². The van der Waals surface area contributed by atoms with Gasteiger partial charge < -0.3 is 4.74 Å². The Morgan fingerprint density at radius 2 is 1.67 bits per heavy atom. The molecule has 0 radical (unpaired) electrons. The highest BCUT2D eigenvalue weighted by atomic mass is 19.3. The molecule has 3 aromatic rings. The first-order valence-corrected chi connectivity index (χ1v) is 8.17. The van der Waals surface area contributed by atoms with Crippen LogP contribution in [0.5, 0.6) is 5.75 Å². The van der Waals surface area contributed by atoms with E-state index >= 15 is 0 Å². The van der Waals surface area contributed by atoms with Gasteiger partial charge in [0.1, 0.15) is 11.6 Å². The molecule has 0 aromatic heterocycles. The number of halogens is 5. The van der Waals surface area contributed by atoms with Gasteiger partial charge >= 0.3 is 6.61 Å². The third-order valence-corrected chi connectivity index (χ3v) is 4.16. The molecule has 6 heteroatoms. The lowest BCUT2D eigenvalue weighted by atomic mass is 9.97. The van der Waals surface area contributed by atoms with Crippen LogP contribution in [0.4, 0.5) is 22.0 Å². The first-order valence-electron chi connectivity index (χ1n) is 8.17. The number of allylic oxidation sites excluding steroid dienone is 1. The van der Waals surface area contributed by atoms with Gasteiger partial charge in [0, 0.05) is 5.39 Å². The number of aryl methyl sites for hydroxylation is 1. The molecule has 0 aliphatic rings. The van der Waals surface area contributed by atoms with Crippen molar-refractivity contribution in [3.05, 3.63) is 78.1 Å². The number of rotatable bonds is 6. The van der Waals surface area contributed by atoms with Crippen molar-refractivity contribution < 1.29 is 26.7 Å². The zero-order valence-electron chi connectivity index (χ0n) is 14.1. The van der Waals surface area contributed by atoms with E-state index in [4.69, 9.17) is 0 Å². The maximum atomic E-state index is 14.5. The molecule has 0 heterocycles. The predicted octanol–water partition coefficient (Wildman–Crippen LogP) is 6.64. The average Bonchev–Trinajstić information content (AvgIpc) is 2.61. The molecule has 27 heavy (non-hydrogen) atoms. The zero-order valence-corrected chi connectivity index (χ0v) is 14.1. The summed E-state index contributed by atoms with van der Waals surface area (Å²) in [6, 6.07) is 8.94. The van der Waals surface area contributed by atoms with Gasteiger partial charge in [-0.25, -0.2) is 13.2 Å². The fourth-order valence-corrected chi connectivity index (χ4v) is 2.93. The van der Waals surface area contributed by atoms with E-state index < -0.39 is 29.8 Å². The number of alkyl halides is 2. The molecule has 0 saturated heterocycles. The van der Waals surface area contributed by atoms with Gasteiger partial charge in [0.15, 0.2) is 11.6 Å². The summed E-state index contributed by atoms with van der Waals surface area (Å²) in [4.78, 5) is 0. The smallest absolute Gasteiger partial charge is 0.387 e. The van der Waals surface area contributed by atoms with E-state index in [1.807, 2.05) is 0 Å². The largest absolute Gasteiger partial charge is 0.432 e. The fourth-order valence-electron chi connectivity index (χ4n) is 2.93. The second-order valence-electron chi connectivity index (χ2n) is 5.95. The molecule has 0 aliphatic heterocycles. The van der Waals surface area contributed by atoms with E-state index in [1.165, 1.54) is 36.4 Å². The second kappa shape index (κ2) is 7.78. The average molecular weight is 378 g/mol. The third-order valence-electron chi connectivity index (χ3n) is 4.16. The van der Waals surface area contributed by atoms with Crippen molar-refractivity contribution in [3.8, 4) is 16.9 Å². The van der Waals surface area contributed by atoms with Crippen molar-refractivity contribution in [2.45, 2.75) is 19.5 Å². The monoisotopic (exact) mass is 378 g/mol. The van der Waals surface area contributed by atoms with Crippen LogP contribution in [0.15, 0.2) is 55.1 Å². The number of hydrogen-bond donors (Lipinski definition) is 0. The van der Waals surface area contributed by atoms with Crippen molar-refractivity contribution in [2.75, 3.05) is 0 Å². The fraction of sp³-hybridized carbons (Fsp3) is 0.143. The Bertz CT molecular complexity index is 974. The topological polar surface area (TPSA) is 9.23 Å². The van der Waals surface area contributed by atoms with Crippen LogP contribution in [0.1, 0.15) is 12.0 Å². The highest BCUT2D eigenvalue weighted by molar-refractivity contribution is 5.89. The lowest BCUT2D eigenvalue weighted by Gasteiger charge is -2.11. The van der Waals surface area contributed by atoms with E-state index in [0.717, 1.165) is 6.07 Å². The third kappa shape index (κ3) is 3.94. The minimum Gasteiger partial charge on any atom is -0.432 e. The van der Waals surface area contributed by atoms with Gasteiger partial charge in [0.25, 0.3) is 0 Å². The van der Waals surface area contributed by atoms with E-state index in [0.29, 0.717) is 23.8 Å². The number of ether oxygens (including phenoxy) is 1. The van der Waals surface area contributed by atoms with Gasteiger partial charge in [0.05, 0.1) is 5.56 Å². The Morgan fingerprint density at radius 1 is 0.963 bits per heavy atom. The molecule has 0 saturated carbocycles. The number of benzene rings is 3. The summed E-state index contributed by atoms with van der Waals surface area (Å²) < 4.78 is 71.9. The SMILES string of the molecule is C=CCCc1cc(F)c(-c2ccc3c(F)c(OC(F)F)ccc3c2)c(F)c1. The summed E-state index contributed by atoms with van der Waals surface area (Å²) >= 11 is 0. The lowest BCUT2D eigenvalue weighted by Crippen LogP contribution is -2.03. The maximum Gasteiger partial charge on any atom is 0.387 e. The molecule has 140 valence electrons. The standard InChI is InChI=1S/C21H15F5O/c1-2-3-4-12-9-16(22)19(17(23)10-12)14-5-7-15-13(11-14)6-8-18(20(15)24)27-21(25)26/h2,5-11,21H,1,3-4H2. The Hall–Kier alpha value is -2.89. The van der Waals surface area contributed by atoms with Gasteiger partial charge in [0.2, 0.25) is 0 Å². The van der Waals surface area contributed by atoms with Crippen LogP contribution >= 0.6 is 0 Å². The van der Waals surface area contributed by atoms with E-state index in [-0.39, 0.29) is 16.5 Å². The van der Waals surface area contributed by atoms with Crippen LogP contribution in [0.2, 0.25) is 0 Å². The zero-order chi connectivity index (χ0) is 19.6. The predicted molar refractivity (Wildman–Crippen MR) is 94.4 cm³/mol. The summed E-state index contributed by atoms with van der Waals surface area (Å²) in [5, 5.41) is 0.321. The van der Waals surface area contributed by atoms with Crippen LogP contribution in [0, 0.1) is 17.5 Å². The molecule has 1 nitrogen and oxygen atoms in total. The molecule has 0 N–H and O–H groups in total. The second-order valence-corrected chi connectivity index (χ2v) is 5.95. The summed E-state index contributed by atoms with van der Waals surface area (Å²) in [6.07, 6.45) is 2.72. The van der Waals surface area contributed by atoms with Gasteiger partial charge in [-0.1, -0.05) is 24.3 Å². The Morgan fingerprint density at radius 3 is 2.30 bits per heavy atom. The normalized spacial score (nSPS) is 11.2. The van der Waals surface area contributed by atoms with Gasteiger partial charge in [-0.3, -0.25) is 0 Å². The molecule has 3 aromatic carbocycles. The first-order chi connectivity index (χ1) is 12.9. The van der Waals surface area contributed by atoms with Gasteiger partial charge in [-0.15, -0.1) is 6.58 Å². The van der Waals surface area contributed by atoms with Crippen LogP contribution in [0.3, 0.4) is 0 Å². The Kier molecular flexibility index (Phi) is 5.44. The molecule has 0 unspecified atom stereocenters. The van der Waals surface area contributed by atoms with Crippen molar-refractivity contribution in [1.29, 1.82) is 0 Å². The summed E-state index contributed by atoms with van der Waals surface area (Å²) in [7, 11) is 0.